The molecule has 1 amide bonds. The Balaban J connectivity index is 1.35. The highest BCUT2D eigenvalue weighted by Gasteiger charge is 2.46. The number of aromatic nitrogens is 5. The fourth-order valence-electron chi connectivity index (χ4n) is 4.41. The number of pyridine rings is 2. The Labute approximate surface area is 182 Å². The van der Waals surface area contributed by atoms with Gasteiger partial charge in [-0.05, 0) is 19.8 Å². The summed E-state index contributed by atoms with van der Waals surface area (Å²) in [6.45, 7) is 4.34. The number of nitrogens with one attached hydrogen (secondary N) is 2. The van der Waals surface area contributed by atoms with Gasteiger partial charge in [0.1, 0.15) is 11.0 Å². The molecule has 1 aliphatic heterocycles. The molecule has 2 N–H and O–H groups in total. The minimum absolute atomic E-state index is 0.179. The minimum atomic E-state index is -0.512. The van der Waals surface area contributed by atoms with Crippen LogP contribution in [-0.4, -0.2) is 55.4 Å². The highest BCUT2D eigenvalue weighted by atomic mass is 19.1. The van der Waals surface area contributed by atoms with Crippen molar-refractivity contribution in [1.29, 1.82) is 0 Å². The smallest absolute Gasteiger partial charge is 0.259 e. The summed E-state index contributed by atoms with van der Waals surface area (Å²) in [7, 11) is 0. The van der Waals surface area contributed by atoms with Gasteiger partial charge in [0.15, 0.2) is 17.3 Å². The Morgan fingerprint density at radius 1 is 1.19 bits per heavy atom. The maximum absolute atomic E-state index is 14.4. The third-order valence-electron chi connectivity index (χ3n) is 6.14. The Hall–Kier alpha value is -3.66. The van der Waals surface area contributed by atoms with Crippen molar-refractivity contribution in [3.8, 4) is 0 Å². The van der Waals surface area contributed by atoms with E-state index in [2.05, 4.69) is 35.5 Å². The van der Waals surface area contributed by atoms with Gasteiger partial charge in [-0.3, -0.25) is 9.78 Å². The lowest BCUT2D eigenvalue weighted by atomic mass is 10.1. The van der Waals surface area contributed by atoms with Crippen molar-refractivity contribution >= 4 is 34.1 Å². The first-order valence-electron chi connectivity index (χ1n) is 10.6. The number of rotatable bonds is 3. The second-order valence-corrected chi connectivity index (χ2v) is 8.52. The molecule has 6 rings (SSSR count). The average molecular weight is 432 g/mol. The molecule has 0 atom stereocenters. The highest BCUT2D eigenvalue weighted by molar-refractivity contribution is 6.12. The molecule has 1 aliphatic carbocycles. The molecule has 10 heteroatoms. The topological polar surface area (TPSA) is 100 Å². The number of imidazole rings is 1. The van der Waals surface area contributed by atoms with Crippen molar-refractivity contribution in [3.05, 3.63) is 54.1 Å². The molecule has 0 unspecified atom stereocenters. The number of carbonyl (C=O) groups excluding carboxylic acids is 1. The van der Waals surface area contributed by atoms with Gasteiger partial charge in [-0.2, -0.15) is 0 Å². The predicted molar refractivity (Wildman–Crippen MR) is 117 cm³/mol. The zero-order valence-corrected chi connectivity index (χ0v) is 17.5. The van der Waals surface area contributed by atoms with E-state index in [1.807, 2.05) is 0 Å². The average Bonchev–Trinajstić information content (AvgIpc) is 3.41. The van der Waals surface area contributed by atoms with Crippen LogP contribution in [0.4, 0.5) is 15.9 Å². The van der Waals surface area contributed by atoms with Gasteiger partial charge in [0.05, 0.1) is 16.9 Å². The molecule has 162 valence electrons. The standard InChI is InChI=1S/C22H21FN8O/c1-13-10-31-11-14(8-16(23)19(31)28-13)29-21(32)15-9-26-20(18-17(15)24-4-5-25-18)30-7-6-27-22(12-30)2-3-22/h4-5,8-11,27H,2-3,6-7,12H2,1H3,(H,29,32). The number of fused-ring (bicyclic) bond motifs is 2. The van der Waals surface area contributed by atoms with Crippen molar-refractivity contribution in [3.63, 3.8) is 0 Å². The van der Waals surface area contributed by atoms with E-state index in [0.29, 0.717) is 22.4 Å². The predicted octanol–water partition coefficient (Wildman–Crippen LogP) is 2.31. The van der Waals surface area contributed by atoms with Crippen LogP contribution in [0.5, 0.6) is 0 Å². The quantitative estimate of drug-likeness (QED) is 0.512. The summed E-state index contributed by atoms with van der Waals surface area (Å²) in [4.78, 5) is 33.0. The lowest BCUT2D eigenvalue weighted by Gasteiger charge is -2.35. The number of piperazine rings is 1. The van der Waals surface area contributed by atoms with Gasteiger partial charge >= 0.3 is 0 Å². The first-order valence-corrected chi connectivity index (χ1v) is 10.6. The van der Waals surface area contributed by atoms with Gasteiger partial charge in [-0.1, -0.05) is 0 Å². The van der Waals surface area contributed by atoms with Crippen LogP contribution in [0.15, 0.2) is 37.1 Å². The molecule has 5 heterocycles. The summed E-state index contributed by atoms with van der Waals surface area (Å²) in [5.41, 5.74) is 2.75. The van der Waals surface area contributed by atoms with Crippen molar-refractivity contribution in [1.82, 2.24) is 29.7 Å². The number of aryl methyl sites for hydroxylation is 1. The number of carbonyl (C=O) groups is 1. The summed E-state index contributed by atoms with van der Waals surface area (Å²) < 4.78 is 16.0. The van der Waals surface area contributed by atoms with Gasteiger partial charge in [-0.25, -0.2) is 19.3 Å². The van der Waals surface area contributed by atoms with Crippen LogP contribution in [0.3, 0.4) is 0 Å². The summed E-state index contributed by atoms with van der Waals surface area (Å²) in [6, 6.07) is 1.26. The Morgan fingerprint density at radius 3 is 2.81 bits per heavy atom. The van der Waals surface area contributed by atoms with Crippen LogP contribution in [0.2, 0.25) is 0 Å². The third kappa shape index (κ3) is 3.14. The van der Waals surface area contributed by atoms with Crippen molar-refractivity contribution in [2.45, 2.75) is 25.3 Å². The highest BCUT2D eigenvalue weighted by Crippen LogP contribution is 2.39. The second kappa shape index (κ2) is 6.92. The molecule has 0 aromatic carbocycles. The monoisotopic (exact) mass is 432 g/mol. The van der Waals surface area contributed by atoms with E-state index in [9.17, 15) is 9.18 Å². The van der Waals surface area contributed by atoms with Gasteiger partial charge in [-0.15, -0.1) is 0 Å². The lowest BCUT2D eigenvalue weighted by Crippen LogP contribution is -2.52. The number of anilines is 2. The van der Waals surface area contributed by atoms with E-state index in [1.54, 1.807) is 36.1 Å². The second-order valence-electron chi connectivity index (χ2n) is 8.52. The Morgan fingerprint density at radius 2 is 2.00 bits per heavy atom. The largest absolute Gasteiger partial charge is 0.352 e. The van der Waals surface area contributed by atoms with Crippen LogP contribution >= 0.6 is 0 Å². The van der Waals surface area contributed by atoms with Crippen molar-refractivity contribution < 1.29 is 9.18 Å². The molecule has 0 radical (unpaired) electrons. The number of nitrogens with zero attached hydrogens (tertiary/aromatic N) is 6. The maximum Gasteiger partial charge on any atom is 0.259 e. The first kappa shape index (κ1) is 19.1. The zero-order valence-electron chi connectivity index (χ0n) is 17.5. The van der Waals surface area contributed by atoms with Crippen molar-refractivity contribution in [2.75, 3.05) is 29.9 Å². The molecular weight excluding hydrogens is 411 g/mol. The Bertz CT molecular complexity index is 1380. The molecule has 1 saturated heterocycles. The normalized spacial score (nSPS) is 17.2. The molecule has 4 aromatic heterocycles. The lowest BCUT2D eigenvalue weighted by molar-refractivity contribution is 0.102. The van der Waals surface area contributed by atoms with E-state index >= 15 is 0 Å². The van der Waals surface area contributed by atoms with Gasteiger partial charge in [0, 0.05) is 62.2 Å². The maximum atomic E-state index is 14.4. The summed E-state index contributed by atoms with van der Waals surface area (Å²) in [6.07, 6.45) is 10.3. The van der Waals surface area contributed by atoms with Crippen LogP contribution in [0.25, 0.3) is 16.7 Å². The molecular formula is C22H21FN8O. The van der Waals surface area contributed by atoms with Crippen LogP contribution < -0.4 is 15.5 Å². The van der Waals surface area contributed by atoms with Gasteiger partial charge in [0.25, 0.3) is 5.91 Å². The molecule has 1 saturated carbocycles. The summed E-state index contributed by atoms with van der Waals surface area (Å²) in [5.74, 6) is -0.204. The molecule has 0 bridgehead atoms. The van der Waals surface area contributed by atoms with E-state index < -0.39 is 11.7 Å². The van der Waals surface area contributed by atoms with Gasteiger partial charge < -0.3 is 19.9 Å². The zero-order chi connectivity index (χ0) is 21.9. The van der Waals surface area contributed by atoms with E-state index in [4.69, 9.17) is 0 Å². The van der Waals surface area contributed by atoms with E-state index in [1.165, 1.54) is 12.3 Å². The number of hydrogen-bond acceptors (Lipinski definition) is 7. The summed E-state index contributed by atoms with van der Waals surface area (Å²) >= 11 is 0. The molecule has 2 fully saturated rings. The fraction of sp³-hybridized carbons (Fsp3) is 0.318. The SMILES string of the molecule is Cc1cn2cc(NC(=O)c3cnc(N4CCNC5(CC5)C4)c4nccnc34)cc(F)c2n1. The molecule has 1 spiro atoms. The van der Waals surface area contributed by atoms with Crippen LogP contribution in [-0.2, 0) is 0 Å². The van der Waals surface area contributed by atoms with Crippen LogP contribution in [0, 0.1) is 12.7 Å². The van der Waals surface area contributed by atoms with Gasteiger partial charge in [0.2, 0.25) is 0 Å². The molecule has 2 aliphatic rings. The Kier molecular flexibility index (Phi) is 4.12. The van der Waals surface area contributed by atoms with Crippen molar-refractivity contribution in [2.24, 2.45) is 0 Å². The fourth-order valence-corrected chi connectivity index (χ4v) is 4.41. The van der Waals surface area contributed by atoms with E-state index in [0.717, 1.165) is 38.3 Å². The summed E-state index contributed by atoms with van der Waals surface area (Å²) in [5, 5.41) is 6.34. The number of amides is 1. The molecule has 32 heavy (non-hydrogen) atoms. The van der Waals surface area contributed by atoms with Crippen LogP contribution in [0.1, 0.15) is 28.9 Å². The third-order valence-corrected chi connectivity index (χ3v) is 6.14. The first-order chi connectivity index (χ1) is 15.5. The number of hydrogen-bond donors (Lipinski definition) is 2. The molecule has 4 aromatic rings. The number of halogens is 1. The molecule has 9 nitrogen and oxygen atoms in total. The minimum Gasteiger partial charge on any atom is -0.352 e. The van der Waals surface area contributed by atoms with E-state index in [-0.39, 0.29) is 16.7 Å².